The fourth-order valence-electron chi connectivity index (χ4n) is 2.13. The van der Waals surface area contributed by atoms with E-state index in [2.05, 4.69) is 0 Å². The van der Waals surface area contributed by atoms with Crippen molar-refractivity contribution in [3.8, 4) is 0 Å². The van der Waals surface area contributed by atoms with E-state index in [-0.39, 0.29) is 23.3 Å². The molecule has 0 saturated carbocycles. The maximum absolute atomic E-state index is 12.0. The second-order valence-corrected chi connectivity index (χ2v) is 6.35. The van der Waals surface area contributed by atoms with Crippen molar-refractivity contribution in [3.05, 3.63) is 0 Å². The molecular formula is C14H27N3O2. The average Bonchev–Trinajstić information content (AvgIpc) is 2.34. The molecule has 2 amide bonds. The molecule has 0 unspecified atom stereocenters. The first-order valence-electron chi connectivity index (χ1n) is 7.06. The Morgan fingerprint density at radius 2 is 1.58 bits per heavy atom. The molecule has 0 spiro atoms. The van der Waals surface area contributed by atoms with Crippen molar-refractivity contribution in [1.82, 2.24) is 9.80 Å². The highest BCUT2D eigenvalue weighted by atomic mass is 16.2. The first kappa shape index (κ1) is 16.0. The van der Waals surface area contributed by atoms with Crippen LogP contribution in [0.3, 0.4) is 0 Å². The summed E-state index contributed by atoms with van der Waals surface area (Å²) in [6.45, 7) is 10.2. The van der Waals surface area contributed by atoms with Crippen molar-refractivity contribution in [2.24, 2.45) is 11.7 Å². The van der Waals surface area contributed by atoms with Gasteiger partial charge in [0, 0.05) is 44.1 Å². The topological polar surface area (TPSA) is 66.6 Å². The van der Waals surface area contributed by atoms with Crippen LogP contribution >= 0.6 is 0 Å². The van der Waals surface area contributed by atoms with Crippen LogP contribution in [0.5, 0.6) is 0 Å². The molecule has 2 N–H and O–H groups in total. The Hall–Kier alpha value is -1.10. The van der Waals surface area contributed by atoms with Gasteiger partial charge >= 0.3 is 0 Å². The standard InChI is InChI=1S/C14H27N3O2/c1-11(2)13(19)17-9-7-16(8-10-17)12(18)5-6-14(3,4)15/h11H,5-10,15H2,1-4H3. The van der Waals surface area contributed by atoms with Gasteiger partial charge in [-0.1, -0.05) is 13.8 Å². The van der Waals surface area contributed by atoms with Crippen LogP contribution in [0.25, 0.3) is 0 Å². The lowest BCUT2D eigenvalue weighted by molar-refractivity contribution is -0.141. The van der Waals surface area contributed by atoms with Crippen molar-refractivity contribution >= 4 is 11.8 Å². The molecule has 1 aliphatic rings. The number of nitrogens with two attached hydrogens (primary N) is 1. The van der Waals surface area contributed by atoms with Gasteiger partial charge in [0.15, 0.2) is 0 Å². The van der Waals surface area contributed by atoms with E-state index < -0.39 is 0 Å². The van der Waals surface area contributed by atoms with E-state index in [1.807, 2.05) is 37.5 Å². The summed E-state index contributed by atoms with van der Waals surface area (Å²) in [6.07, 6.45) is 1.18. The average molecular weight is 269 g/mol. The van der Waals surface area contributed by atoms with Gasteiger partial charge < -0.3 is 15.5 Å². The molecule has 0 bridgehead atoms. The van der Waals surface area contributed by atoms with Gasteiger partial charge in [0.25, 0.3) is 0 Å². The summed E-state index contributed by atoms with van der Waals surface area (Å²) in [5, 5.41) is 0. The third kappa shape index (κ3) is 5.19. The predicted molar refractivity (Wildman–Crippen MR) is 75.5 cm³/mol. The van der Waals surface area contributed by atoms with E-state index in [4.69, 9.17) is 5.73 Å². The zero-order valence-electron chi connectivity index (χ0n) is 12.6. The van der Waals surface area contributed by atoms with Crippen LogP contribution in [-0.4, -0.2) is 53.3 Å². The van der Waals surface area contributed by atoms with E-state index in [9.17, 15) is 9.59 Å². The van der Waals surface area contributed by atoms with Crippen LogP contribution in [0, 0.1) is 5.92 Å². The van der Waals surface area contributed by atoms with Crippen LogP contribution in [0.15, 0.2) is 0 Å². The molecule has 5 heteroatoms. The van der Waals surface area contributed by atoms with Crippen molar-refractivity contribution in [1.29, 1.82) is 0 Å². The number of carbonyl (C=O) groups is 2. The lowest BCUT2D eigenvalue weighted by atomic mass is 9.99. The fraction of sp³-hybridized carbons (Fsp3) is 0.857. The molecule has 0 aromatic rings. The van der Waals surface area contributed by atoms with E-state index in [1.165, 1.54) is 0 Å². The van der Waals surface area contributed by atoms with Crippen molar-refractivity contribution in [2.75, 3.05) is 26.2 Å². The van der Waals surface area contributed by atoms with Gasteiger partial charge in [-0.05, 0) is 20.3 Å². The van der Waals surface area contributed by atoms with Crippen LogP contribution in [-0.2, 0) is 9.59 Å². The molecule has 5 nitrogen and oxygen atoms in total. The minimum atomic E-state index is -0.301. The van der Waals surface area contributed by atoms with E-state index >= 15 is 0 Å². The van der Waals surface area contributed by atoms with Crippen LogP contribution in [0.4, 0.5) is 0 Å². The smallest absolute Gasteiger partial charge is 0.225 e. The number of piperazine rings is 1. The normalized spacial score (nSPS) is 16.9. The maximum atomic E-state index is 12.0. The molecule has 0 aromatic heterocycles. The number of hydrogen-bond donors (Lipinski definition) is 1. The summed E-state index contributed by atoms with van der Waals surface area (Å²) in [7, 11) is 0. The van der Waals surface area contributed by atoms with E-state index in [1.54, 1.807) is 0 Å². The number of amides is 2. The van der Waals surface area contributed by atoms with Gasteiger partial charge in [-0.15, -0.1) is 0 Å². The molecule has 0 aromatic carbocycles. The summed E-state index contributed by atoms with van der Waals surface area (Å²) in [4.78, 5) is 27.6. The first-order valence-corrected chi connectivity index (χ1v) is 7.06. The summed E-state index contributed by atoms with van der Waals surface area (Å²) >= 11 is 0. The highest BCUT2D eigenvalue weighted by Crippen LogP contribution is 2.12. The van der Waals surface area contributed by atoms with Crippen LogP contribution in [0.2, 0.25) is 0 Å². The van der Waals surface area contributed by atoms with Crippen LogP contribution in [0.1, 0.15) is 40.5 Å². The van der Waals surface area contributed by atoms with Crippen molar-refractivity contribution in [2.45, 2.75) is 46.1 Å². The fourth-order valence-corrected chi connectivity index (χ4v) is 2.13. The summed E-state index contributed by atoms with van der Waals surface area (Å²) < 4.78 is 0. The Bertz CT molecular complexity index is 326. The summed E-state index contributed by atoms with van der Waals surface area (Å²) in [6, 6.07) is 0. The quantitative estimate of drug-likeness (QED) is 0.822. The Kier molecular flexibility index (Phi) is 5.35. The van der Waals surface area contributed by atoms with Gasteiger partial charge in [0.2, 0.25) is 11.8 Å². The van der Waals surface area contributed by atoms with Gasteiger partial charge in [-0.3, -0.25) is 9.59 Å². The molecule has 0 atom stereocenters. The molecule has 1 heterocycles. The first-order chi connectivity index (χ1) is 8.70. The molecule has 19 heavy (non-hydrogen) atoms. The Morgan fingerprint density at radius 1 is 1.11 bits per heavy atom. The Labute approximate surface area is 116 Å². The lowest BCUT2D eigenvalue weighted by Crippen LogP contribution is -2.51. The summed E-state index contributed by atoms with van der Waals surface area (Å²) in [5.74, 6) is 0.352. The largest absolute Gasteiger partial charge is 0.339 e. The van der Waals surface area contributed by atoms with Crippen molar-refractivity contribution < 1.29 is 9.59 Å². The highest BCUT2D eigenvalue weighted by molar-refractivity contribution is 5.79. The second-order valence-electron chi connectivity index (χ2n) is 6.35. The monoisotopic (exact) mass is 269 g/mol. The predicted octanol–water partition coefficient (Wildman–Crippen LogP) is 0.831. The maximum Gasteiger partial charge on any atom is 0.225 e. The van der Waals surface area contributed by atoms with E-state index in [0.29, 0.717) is 39.0 Å². The molecule has 1 fully saturated rings. The number of nitrogens with zero attached hydrogens (tertiary/aromatic N) is 2. The molecule has 0 radical (unpaired) electrons. The number of rotatable bonds is 4. The number of hydrogen-bond acceptors (Lipinski definition) is 3. The third-order valence-electron chi connectivity index (χ3n) is 3.42. The minimum Gasteiger partial charge on any atom is -0.339 e. The molecule has 1 rings (SSSR count). The Morgan fingerprint density at radius 3 is 2.00 bits per heavy atom. The number of carbonyl (C=O) groups excluding carboxylic acids is 2. The lowest BCUT2D eigenvalue weighted by Gasteiger charge is -2.36. The SMILES string of the molecule is CC(C)C(=O)N1CCN(C(=O)CCC(C)(C)N)CC1. The zero-order chi connectivity index (χ0) is 14.6. The second kappa shape index (κ2) is 6.37. The molecule has 110 valence electrons. The molecule has 1 aliphatic heterocycles. The third-order valence-corrected chi connectivity index (χ3v) is 3.42. The molecule has 0 aliphatic carbocycles. The molecular weight excluding hydrogens is 242 g/mol. The van der Waals surface area contributed by atoms with Crippen molar-refractivity contribution in [3.63, 3.8) is 0 Å². The van der Waals surface area contributed by atoms with Gasteiger partial charge in [0.1, 0.15) is 0 Å². The van der Waals surface area contributed by atoms with E-state index in [0.717, 1.165) is 0 Å². The Balaban J connectivity index is 2.37. The summed E-state index contributed by atoms with van der Waals surface area (Å²) in [5.41, 5.74) is 5.58. The molecule has 1 saturated heterocycles. The van der Waals surface area contributed by atoms with Gasteiger partial charge in [-0.25, -0.2) is 0 Å². The zero-order valence-corrected chi connectivity index (χ0v) is 12.6. The van der Waals surface area contributed by atoms with Crippen LogP contribution < -0.4 is 5.73 Å². The highest BCUT2D eigenvalue weighted by Gasteiger charge is 2.25. The minimum absolute atomic E-state index is 0.0280. The van der Waals surface area contributed by atoms with Gasteiger partial charge in [0.05, 0.1) is 0 Å². The van der Waals surface area contributed by atoms with Gasteiger partial charge in [-0.2, -0.15) is 0 Å².